The third-order valence-corrected chi connectivity index (χ3v) is 1.71. The zero-order valence-electron chi connectivity index (χ0n) is 6.65. The summed E-state index contributed by atoms with van der Waals surface area (Å²) in [5.74, 6) is 0.645. The Labute approximate surface area is 69.2 Å². The predicted molar refractivity (Wildman–Crippen MR) is 45.2 cm³/mol. The Hall–Kier alpha value is -1.78. The summed E-state index contributed by atoms with van der Waals surface area (Å²) in [6, 6.07) is 1.81. The number of nitrogen functional groups attached to an aromatic ring is 1. The number of hydrogen-bond acceptors (Lipinski definition) is 3. The summed E-state index contributed by atoms with van der Waals surface area (Å²) in [6.07, 6.45) is 3.49. The van der Waals surface area contributed by atoms with Crippen molar-refractivity contribution in [2.45, 2.75) is 0 Å². The van der Waals surface area contributed by atoms with Gasteiger partial charge in [0.2, 0.25) is 0 Å². The van der Waals surface area contributed by atoms with Gasteiger partial charge in [0, 0.05) is 24.9 Å². The maximum atomic E-state index is 5.62. The molecule has 0 fully saturated rings. The molecule has 0 radical (unpaired) electrons. The molecule has 12 heavy (non-hydrogen) atoms. The summed E-state index contributed by atoms with van der Waals surface area (Å²) in [6.45, 7) is 0. The van der Waals surface area contributed by atoms with Gasteiger partial charge in [0.1, 0.15) is 5.82 Å². The highest BCUT2D eigenvalue weighted by atomic mass is 15.3. The minimum absolute atomic E-state index is 0.645. The fourth-order valence-electron chi connectivity index (χ4n) is 1.01. The molecule has 62 valence electrons. The maximum Gasteiger partial charge on any atom is 0.121 e. The van der Waals surface area contributed by atoms with Crippen molar-refractivity contribution in [3.63, 3.8) is 0 Å². The predicted octanol–water partition coefficient (Wildman–Crippen LogP) is 0.392. The molecule has 5 heteroatoms. The molecule has 0 bridgehead atoms. The van der Waals surface area contributed by atoms with E-state index in [1.807, 2.05) is 6.07 Å². The molecule has 2 aromatic rings. The molecule has 0 aromatic carbocycles. The van der Waals surface area contributed by atoms with Crippen LogP contribution in [0.1, 0.15) is 0 Å². The Kier molecular flexibility index (Phi) is 1.36. The Morgan fingerprint density at radius 1 is 1.58 bits per heavy atom. The highest BCUT2D eigenvalue weighted by Crippen LogP contribution is 2.17. The van der Waals surface area contributed by atoms with E-state index < -0.39 is 0 Å². The topological polar surface area (TPSA) is 72.5 Å². The van der Waals surface area contributed by atoms with Crippen molar-refractivity contribution in [3.05, 3.63) is 18.5 Å². The molecular formula is C7H9N5. The Morgan fingerprint density at radius 2 is 2.42 bits per heavy atom. The molecule has 0 unspecified atom stereocenters. The first-order valence-corrected chi connectivity index (χ1v) is 3.56. The number of nitrogens with zero attached hydrogens (tertiary/aromatic N) is 3. The van der Waals surface area contributed by atoms with Gasteiger partial charge in [0.15, 0.2) is 0 Å². The second-order valence-electron chi connectivity index (χ2n) is 2.57. The van der Waals surface area contributed by atoms with Crippen LogP contribution in [0, 0.1) is 0 Å². The van der Waals surface area contributed by atoms with Crippen LogP contribution in [0.25, 0.3) is 11.3 Å². The molecule has 2 aromatic heterocycles. The zero-order chi connectivity index (χ0) is 8.55. The van der Waals surface area contributed by atoms with Crippen molar-refractivity contribution in [1.29, 1.82) is 0 Å². The second-order valence-corrected chi connectivity index (χ2v) is 2.57. The number of nitrogens with two attached hydrogens (primary N) is 1. The Morgan fingerprint density at radius 3 is 2.92 bits per heavy atom. The van der Waals surface area contributed by atoms with Crippen LogP contribution in [-0.4, -0.2) is 20.0 Å². The molecule has 0 aliphatic rings. The first kappa shape index (κ1) is 6.90. The Balaban J connectivity index is 2.48. The van der Waals surface area contributed by atoms with Gasteiger partial charge in [-0.15, -0.1) is 0 Å². The van der Waals surface area contributed by atoms with Crippen molar-refractivity contribution in [1.82, 2.24) is 20.0 Å². The van der Waals surface area contributed by atoms with Gasteiger partial charge in [-0.2, -0.15) is 10.2 Å². The molecule has 2 heterocycles. The summed E-state index contributed by atoms with van der Waals surface area (Å²) >= 11 is 0. The molecular weight excluding hydrogens is 154 g/mol. The average molecular weight is 163 g/mol. The largest absolute Gasteiger partial charge is 0.384 e. The normalized spacial score (nSPS) is 10.4. The lowest BCUT2D eigenvalue weighted by molar-refractivity contribution is 0.782. The number of H-pyrrole nitrogens is 1. The molecule has 5 nitrogen and oxygen atoms in total. The van der Waals surface area contributed by atoms with Gasteiger partial charge in [0.25, 0.3) is 0 Å². The Bertz CT molecular complexity index is 353. The third-order valence-electron chi connectivity index (χ3n) is 1.71. The van der Waals surface area contributed by atoms with E-state index in [0.29, 0.717) is 5.82 Å². The van der Waals surface area contributed by atoms with Crippen LogP contribution in [0.2, 0.25) is 0 Å². The van der Waals surface area contributed by atoms with Gasteiger partial charge < -0.3 is 5.73 Å². The van der Waals surface area contributed by atoms with Gasteiger partial charge in [-0.05, 0) is 0 Å². The van der Waals surface area contributed by atoms with Crippen LogP contribution < -0.4 is 5.73 Å². The van der Waals surface area contributed by atoms with Crippen LogP contribution in [0.15, 0.2) is 18.5 Å². The molecule has 0 aliphatic carbocycles. The number of nitrogens with one attached hydrogen (secondary N) is 1. The number of rotatable bonds is 1. The second kappa shape index (κ2) is 2.37. The molecule has 0 atom stereocenters. The molecule has 0 aliphatic heterocycles. The SMILES string of the molecule is Cn1nc(-c2cn[nH]c2)cc1N. The standard InChI is InChI=1S/C7H9N5/c1-12-7(8)2-6(11-12)5-3-9-10-4-5/h2-4H,8H2,1H3,(H,9,10). The fourth-order valence-corrected chi connectivity index (χ4v) is 1.01. The van der Waals surface area contributed by atoms with Gasteiger partial charge in [-0.25, -0.2) is 0 Å². The van der Waals surface area contributed by atoms with E-state index in [4.69, 9.17) is 5.73 Å². The molecule has 0 saturated carbocycles. The maximum absolute atomic E-state index is 5.62. The smallest absolute Gasteiger partial charge is 0.121 e. The van der Waals surface area contributed by atoms with E-state index in [-0.39, 0.29) is 0 Å². The summed E-state index contributed by atoms with van der Waals surface area (Å²) in [4.78, 5) is 0. The number of aromatic nitrogens is 4. The number of anilines is 1. The van der Waals surface area contributed by atoms with Gasteiger partial charge in [0.05, 0.1) is 11.9 Å². The van der Waals surface area contributed by atoms with E-state index in [1.165, 1.54) is 0 Å². The summed E-state index contributed by atoms with van der Waals surface area (Å²) in [5.41, 5.74) is 7.40. The molecule has 2 rings (SSSR count). The van der Waals surface area contributed by atoms with Gasteiger partial charge in [-0.1, -0.05) is 0 Å². The van der Waals surface area contributed by atoms with Crippen LogP contribution in [0.4, 0.5) is 5.82 Å². The fraction of sp³-hybridized carbons (Fsp3) is 0.143. The number of aryl methyl sites for hydroxylation is 1. The van der Waals surface area contributed by atoms with Crippen molar-refractivity contribution >= 4 is 5.82 Å². The minimum atomic E-state index is 0.645. The van der Waals surface area contributed by atoms with Crippen molar-refractivity contribution in [3.8, 4) is 11.3 Å². The van der Waals surface area contributed by atoms with E-state index in [1.54, 1.807) is 24.1 Å². The highest BCUT2D eigenvalue weighted by molar-refractivity contribution is 5.60. The lowest BCUT2D eigenvalue weighted by Crippen LogP contribution is -1.96. The summed E-state index contributed by atoms with van der Waals surface area (Å²) in [5, 5.41) is 10.7. The lowest BCUT2D eigenvalue weighted by Gasteiger charge is -1.88. The molecule has 0 spiro atoms. The van der Waals surface area contributed by atoms with Gasteiger partial charge >= 0.3 is 0 Å². The van der Waals surface area contributed by atoms with E-state index in [9.17, 15) is 0 Å². The van der Waals surface area contributed by atoms with Crippen LogP contribution in [-0.2, 0) is 7.05 Å². The quantitative estimate of drug-likeness (QED) is 0.638. The van der Waals surface area contributed by atoms with Crippen molar-refractivity contribution < 1.29 is 0 Å². The minimum Gasteiger partial charge on any atom is -0.384 e. The molecule has 3 N–H and O–H groups in total. The van der Waals surface area contributed by atoms with E-state index >= 15 is 0 Å². The summed E-state index contributed by atoms with van der Waals surface area (Å²) < 4.78 is 1.63. The monoisotopic (exact) mass is 163 g/mol. The van der Waals surface area contributed by atoms with E-state index in [0.717, 1.165) is 11.3 Å². The average Bonchev–Trinajstić information content (AvgIpc) is 2.61. The number of hydrogen-bond donors (Lipinski definition) is 2. The lowest BCUT2D eigenvalue weighted by atomic mass is 10.3. The highest BCUT2D eigenvalue weighted by Gasteiger charge is 2.04. The zero-order valence-corrected chi connectivity index (χ0v) is 6.65. The summed E-state index contributed by atoms with van der Waals surface area (Å²) in [7, 11) is 1.80. The first-order chi connectivity index (χ1) is 5.77. The van der Waals surface area contributed by atoms with Crippen LogP contribution >= 0.6 is 0 Å². The van der Waals surface area contributed by atoms with Gasteiger partial charge in [-0.3, -0.25) is 9.78 Å². The van der Waals surface area contributed by atoms with Crippen molar-refractivity contribution in [2.24, 2.45) is 7.05 Å². The number of aromatic amines is 1. The van der Waals surface area contributed by atoms with E-state index in [2.05, 4.69) is 15.3 Å². The third kappa shape index (κ3) is 0.952. The molecule has 0 saturated heterocycles. The first-order valence-electron chi connectivity index (χ1n) is 3.56. The molecule has 0 amide bonds. The van der Waals surface area contributed by atoms with Crippen LogP contribution in [0.5, 0.6) is 0 Å². The van der Waals surface area contributed by atoms with Crippen LogP contribution in [0.3, 0.4) is 0 Å². The van der Waals surface area contributed by atoms with Crippen molar-refractivity contribution in [2.75, 3.05) is 5.73 Å².